The van der Waals surface area contributed by atoms with E-state index in [1.54, 1.807) is 6.33 Å². The first kappa shape index (κ1) is 16.6. The number of hydrogen-bond acceptors (Lipinski definition) is 3. The summed E-state index contributed by atoms with van der Waals surface area (Å²) in [5, 5.41) is 0. The fourth-order valence-electron chi connectivity index (χ4n) is 0.929. The summed E-state index contributed by atoms with van der Waals surface area (Å²) in [6.07, 6.45) is 11.5. The molecule has 0 fully saturated rings. The van der Waals surface area contributed by atoms with Crippen LogP contribution in [0.15, 0.2) is 37.4 Å². The molecule has 2 heterocycles. The molecule has 0 unspecified atom stereocenters. The van der Waals surface area contributed by atoms with Gasteiger partial charge in [0.25, 0.3) is 0 Å². The molecular weight excluding hydrogens is 255 g/mol. The van der Waals surface area contributed by atoms with Crippen molar-refractivity contribution in [2.24, 2.45) is 7.05 Å². The molecule has 18 heavy (non-hydrogen) atoms. The van der Waals surface area contributed by atoms with Gasteiger partial charge in [0.2, 0.25) is 12.7 Å². The van der Waals surface area contributed by atoms with Gasteiger partial charge in [-0.1, -0.05) is 7.60 Å². The summed E-state index contributed by atoms with van der Waals surface area (Å²) in [4.78, 5) is 23.8. The van der Waals surface area contributed by atoms with Crippen LogP contribution in [0.5, 0.6) is 0 Å². The van der Waals surface area contributed by atoms with Crippen molar-refractivity contribution in [3.8, 4) is 0 Å². The predicted molar refractivity (Wildman–Crippen MR) is 62.2 cm³/mol. The lowest BCUT2D eigenvalue weighted by Gasteiger charge is -2.22. The highest BCUT2D eigenvalue weighted by Gasteiger charge is 1.92. The maximum Gasteiger partial charge on any atom is 0.243 e. The number of imidazole rings is 2. The zero-order chi connectivity index (χ0) is 14.0. The molecule has 0 aliphatic rings. The molecule has 2 aromatic heterocycles. The Labute approximate surface area is 106 Å². The van der Waals surface area contributed by atoms with Crippen molar-refractivity contribution in [3.05, 3.63) is 37.4 Å². The minimum Gasteiger partial charge on any atom is -0.811 e. The van der Waals surface area contributed by atoms with Gasteiger partial charge in [-0.15, -0.1) is 0 Å². The molecule has 0 atom stereocenters. The van der Waals surface area contributed by atoms with Crippen molar-refractivity contribution in [1.82, 2.24) is 9.55 Å². The largest absolute Gasteiger partial charge is 0.811 e. The SMILES string of the molecule is CCn1cc[n+](C)c1.CP(=O)([O-])[O-].c1c[nH+]c[nH]1. The summed E-state index contributed by atoms with van der Waals surface area (Å²) in [7, 11) is -2.12. The first-order valence-corrected chi connectivity index (χ1v) is 7.31. The maximum atomic E-state index is 9.10. The van der Waals surface area contributed by atoms with Crippen LogP contribution in [0.3, 0.4) is 0 Å². The maximum absolute atomic E-state index is 9.10. The highest BCUT2D eigenvalue weighted by atomic mass is 31.2. The average molecular weight is 274 g/mol. The molecule has 7 nitrogen and oxygen atoms in total. The standard InChI is InChI=1S/C6H11N2.C3H4N2.CH5O3P/c1-3-8-5-4-7(2)6-8;1-2-5-3-4-1;1-5(2,3)4/h4-6H,3H2,1-2H3;1-3H,(H,4,5);1H3,(H2,2,3,4)/q+1;;/p-1. The Bertz CT molecular complexity index is 424. The Morgan fingerprint density at radius 3 is 2.28 bits per heavy atom. The van der Waals surface area contributed by atoms with Crippen LogP contribution < -0.4 is 19.3 Å². The van der Waals surface area contributed by atoms with E-state index in [0.717, 1.165) is 6.54 Å². The van der Waals surface area contributed by atoms with Gasteiger partial charge in [-0.3, -0.25) is 9.97 Å². The number of aromatic nitrogens is 4. The second kappa shape index (κ2) is 8.63. The van der Waals surface area contributed by atoms with E-state index in [0.29, 0.717) is 6.66 Å². The fourth-order valence-corrected chi connectivity index (χ4v) is 0.929. The Balaban J connectivity index is 0.000000254. The molecular formula is C10H19N4O3P. The van der Waals surface area contributed by atoms with Gasteiger partial charge in [-0.2, -0.15) is 0 Å². The van der Waals surface area contributed by atoms with Crippen LogP contribution in [0.25, 0.3) is 0 Å². The lowest BCUT2D eigenvalue weighted by Crippen LogP contribution is -2.23. The van der Waals surface area contributed by atoms with E-state index in [4.69, 9.17) is 14.4 Å². The number of hydrogen-bond donors (Lipinski definition) is 1. The molecule has 0 aliphatic heterocycles. The van der Waals surface area contributed by atoms with Crippen molar-refractivity contribution in [2.45, 2.75) is 13.5 Å². The highest BCUT2D eigenvalue weighted by molar-refractivity contribution is 7.47. The van der Waals surface area contributed by atoms with Crippen molar-refractivity contribution >= 4 is 7.60 Å². The van der Waals surface area contributed by atoms with E-state index >= 15 is 0 Å². The smallest absolute Gasteiger partial charge is 0.243 e. The minimum atomic E-state index is -4.14. The van der Waals surface area contributed by atoms with Crippen molar-refractivity contribution in [1.29, 1.82) is 0 Å². The molecule has 0 bridgehead atoms. The molecule has 8 heteroatoms. The lowest BCUT2D eigenvalue weighted by molar-refractivity contribution is -0.671. The van der Waals surface area contributed by atoms with Crippen LogP contribution in [0.1, 0.15) is 6.92 Å². The predicted octanol–water partition coefficient (Wildman–Crippen LogP) is -1.31. The fraction of sp³-hybridized carbons (Fsp3) is 0.400. The van der Waals surface area contributed by atoms with Crippen molar-refractivity contribution in [2.75, 3.05) is 6.66 Å². The summed E-state index contributed by atoms with van der Waals surface area (Å²) in [6.45, 7) is 3.81. The van der Waals surface area contributed by atoms with E-state index in [1.165, 1.54) is 0 Å². The number of aryl methyl sites for hydroxylation is 2. The molecule has 0 saturated carbocycles. The second-order valence-corrected chi connectivity index (χ2v) is 5.03. The van der Waals surface area contributed by atoms with Gasteiger partial charge in [0.05, 0.1) is 13.6 Å². The molecule has 0 radical (unpaired) electrons. The molecule has 0 spiro atoms. The zero-order valence-electron chi connectivity index (χ0n) is 10.7. The Hall–Kier alpha value is -1.43. The van der Waals surface area contributed by atoms with Crippen molar-refractivity contribution < 1.29 is 23.9 Å². The van der Waals surface area contributed by atoms with Gasteiger partial charge in [0, 0.05) is 0 Å². The van der Waals surface area contributed by atoms with Crippen LogP contribution in [-0.2, 0) is 18.2 Å². The summed E-state index contributed by atoms with van der Waals surface area (Å²) < 4.78 is 13.3. The number of nitrogens with one attached hydrogen (secondary N) is 2. The summed E-state index contributed by atoms with van der Waals surface area (Å²) in [6, 6.07) is 0. The van der Waals surface area contributed by atoms with E-state index in [-0.39, 0.29) is 0 Å². The monoisotopic (exact) mass is 274 g/mol. The van der Waals surface area contributed by atoms with Gasteiger partial charge in [-0.05, 0) is 13.6 Å². The van der Waals surface area contributed by atoms with Gasteiger partial charge < -0.3 is 14.4 Å². The van der Waals surface area contributed by atoms with Gasteiger partial charge in [-0.25, -0.2) is 9.13 Å². The summed E-state index contributed by atoms with van der Waals surface area (Å²) >= 11 is 0. The van der Waals surface area contributed by atoms with Crippen LogP contribution >= 0.6 is 7.60 Å². The number of H-pyrrole nitrogens is 2. The van der Waals surface area contributed by atoms with Gasteiger partial charge in [0.15, 0.2) is 0 Å². The lowest BCUT2D eigenvalue weighted by atomic mass is 10.7. The van der Waals surface area contributed by atoms with E-state index < -0.39 is 7.60 Å². The molecule has 0 amide bonds. The van der Waals surface area contributed by atoms with Crippen molar-refractivity contribution in [3.63, 3.8) is 0 Å². The van der Waals surface area contributed by atoms with Crippen LogP contribution in [0, 0.1) is 0 Å². The molecule has 102 valence electrons. The Morgan fingerprint density at radius 1 is 1.50 bits per heavy atom. The molecule has 0 aliphatic carbocycles. The molecule has 2 rings (SSSR count). The van der Waals surface area contributed by atoms with Crippen LogP contribution in [0.4, 0.5) is 0 Å². The highest BCUT2D eigenvalue weighted by Crippen LogP contribution is 2.12. The molecule has 2 aromatic rings. The third-order valence-electron chi connectivity index (χ3n) is 1.63. The van der Waals surface area contributed by atoms with E-state index in [2.05, 4.69) is 34.0 Å². The van der Waals surface area contributed by atoms with Gasteiger partial charge in [0.1, 0.15) is 24.8 Å². The van der Waals surface area contributed by atoms with Gasteiger partial charge >= 0.3 is 0 Å². The normalized spacial score (nSPS) is 9.83. The van der Waals surface area contributed by atoms with Crippen LogP contribution in [-0.4, -0.2) is 16.2 Å². The first-order chi connectivity index (χ1) is 8.33. The minimum absolute atomic E-state index is 0.632. The summed E-state index contributed by atoms with van der Waals surface area (Å²) in [5.41, 5.74) is 0. The first-order valence-electron chi connectivity index (χ1n) is 5.32. The third kappa shape index (κ3) is 12.6. The third-order valence-corrected chi connectivity index (χ3v) is 1.63. The topological polar surface area (TPSA) is 102 Å². The number of nitrogens with zero attached hydrogens (tertiary/aromatic N) is 2. The second-order valence-electron chi connectivity index (χ2n) is 3.49. The molecule has 0 aromatic carbocycles. The Kier molecular flexibility index (Phi) is 7.94. The average Bonchev–Trinajstić information content (AvgIpc) is 2.87. The molecule has 2 N–H and O–H groups in total. The quantitative estimate of drug-likeness (QED) is 0.516. The Morgan fingerprint density at radius 2 is 2.11 bits per heavy atom. The van der Waals surface area contributed by atoms with E-state index in [1.807, 2.05) is 30.2 Å². The number of aromatic amines is 2. The zero-order valence-corrected chi connectivity index (χ0v) is 11.6. The van der Waals surface area contributed by atoms with Crippen LogP contribution in [0.2, 0.25) is 0 Å². The van der Waals surface area contributed by atoms with E-state index in [9.17, 15) is 0 Å². The summed E-state index contributed by atoms with van der Waals surface area (Å²) in [5.74, 6) is 0. The molecule has 0 saturated heterocycles. The number of rotatable bonds is 1.